The van der Waals surface area contributed by atoms with Crippen molar-refractivity contribution in [1.82, 2.24) is 10.3 Å². The number of para-hydroxylation sites is 1. The predicted octanol–water partition coefficient (Wildman–Crippen LogP) is 2.23. The van der Waals surface area contributed by atoms with Gasteiger partial charge in [-0.15, -0.1) is 0 Å². The first-order valence-corrected chi connectivity index (χ1v) is 6.65. The van der Waals surface area contributed by atoms with E-state index in [0.717, 1.165) is 41.7 Å². The van der Waals surface area contributed by atoms with Crippen LogP contribution in [0.1, 0.15) is 18.4 Å². The monoisotopic (exact) mass is 255 g/mol. The Labute approximate surface area is 112 Å². The molecule has 0 radical (unpaired) electrons. The van der Waals surface area contributed by atoms with Crippen molar-refractivity contribution in [3.63, 3.8) is 0 Å². The first kappa shape index (κ1) is 12.0. The van der Waals surface area contributed by atoms with Crippen LogP contribution >= 0.6 is 0 Å². The number of carbonyl (C=O) groups excluding carboxylic acids is 1. The van der Waals surface area contributed by atoms with Gasteiger partial charge in [0.1, 0.15) is 11.9 Å². The summed E-state index contributed by atoms with van der Waals surface area (Å²) in [5, 5.41) is 7.27. The van der Waals surface area contributed by atoms with Crippen molar-refractivity contribution in [2.24, 2.45) is 0 Å². The molecule has 19 heavy (non-hydrogen) atoms. The second-order valence-electron chi connectivity index (χ2n) is 4.98. The molecule has 1 amide bonds. The van der Waals surface area contributed by atoms with Gasteiger partial charge in [-0.05, 0) is 37.5 Å². The maximum atomic E-state index is 11.8. The first-order valence-electron chi connectivity index (χ1n) is 6.65. The third kappa shape index (κ3) is 2.38. The van der Waals surface area contributed by atoms with Crippen LogP contribution in [0.15, 0.2) is 30.3 Å². The fourth-order valence-corrected chi connectivity index (χ4v) is 2.44. The van der Waals surface area contributed by atoms with Gasteiger partial charge in [0.05, 0.1) is 5.52 Å². The Morgan fingerprint density at radius 1 is 1.37 bits per heavy atom. The van der Waals surface area contributed by atoms with Crippen LogP contribution in [0.25, 0.3) is 10.9 Å². The number of anilines is 1. The predicted molar refractivity (Wildman–Crippen MR) is 76.1 cm³/mol. The standard InChI is InChI=1S/C15H17N3O/c1-10-9-11-5-2-3-6-12(11)17-14(10)18-13-7-4-8-16-15(13)19/h2-3,5-6,9,13H,4,7-8H2,1H3,(H,16,19)(H,17,18). The lowest BCUT2D eigenvalue weighted by atomic mass is 10.1. The van der Waals surface area contributed by atoms with Crippen LogP contribution in [-0.2, 0) is 4.79 Å². The average Bonchev–Trinajstić information content (AvgIpc) is 2.42. The Morgan fingerprint density at radius 3 is 3.05 bits per heavy atom. The Hall–Kier alpha value is -2.10. The van der Waals surface area contributed by atoms with Gasteiger partial charge in [-0.3, -0.25) is 4.79 Å². The Kier molecular flexibility index (Phi) is 3.07. The number of aryl methyl sites for hydroxylation is 1. The summed E-state index contributed by atoms with van der Waals surface area (Å²) in [7, 11) is 0. The summed E-state index contributed by atoms with van der Waals surface area (Å²) < 4.78 is 0. The van der Waals surface area contributed by atoms with E-state index in [1.807, 2.05) is 31.2 Å². The summed E-state index contributed by atoms with van der Waals surface area (Å²) in [6.07, 6.45) is 1.87. The average molecular weight is 255 g/mol. The minimum Gasteiger partial charge on any atom is -0.358 e. The van der Waals surface area contributed by atoms with Crippen molar-refractivity contribution in [3.05, 3.63) is 35.9 Å². The molecular formula is C15H17N3O. The van der Waals surface area contributed by atoms with Crippen LogP contribution in [0.5, 0.6) is 0 Å². The van der Waals surface area contributed by atoms with Crippen molar-refractivity contribution in [2.45, 2.75) is 25.8 Å². The maximum Gasteiger partial charge on any atom is 0.242 e. The molecule has 3 rings (SSSR count). The van der Waals surface area contributed by atoms with Crippen molar-refractivity contribution in [1.29, 1.82) is 0 Å². The number of piperidine rings is 1. The molecular weight excluding hydrogens is 238 g/mol. The highest BCUT2D eigenvalue weighted by atomic mass is 16.2. The van der Waals surface area contributed by atoms with Crippen LogP contribution in [0.2, 0.25) is 0 Å². The Bertz CT molecular complexity index is 624. The zero-order valence-electron chi connectivity index (χ0n) is 10.9. The van der Waals surface area contributed by atoms with Gasteiger partial charge in [-0.1, -0.05) is 18.2 Å². The summed E-state index contributed by atoms with van der Waals surface area (Å²) in [4.78, 5) is 16.4. The summed E-state index contributed by atoms with van der Waals surface area (Å²) in [6, 6.07) is 9.95. The lowest BCUT2D eigenvalue weighted by Crippen LogP contribution is -2.44. The van der Waals surface area contributed by atoms with Gasteiger partial charge >= 0.3 is 0 Å². The van der Waals surface area contributed by atoms with Crippen LogP contribution in [0, 0.1) is 6.92 Å². The number of rotatable bonds is 2. The van der Waals surface area contributed by atoms with Gasteiger partial charge in [0.15, 0.2) is 0 Å². The summed E-state index contributed by atoms with van der Waals surface area (Å²) in [5.74, 6) is 0.876. The smallest absolute Gasteiger partial charge is 0.242 e. The topological polar surface area (TPSA) is 54.0 Å². The molecule has 1 aromatic heterocycles. The van der Waals surface area contributed by atoms with Gasteiger partial charge in [0.25, 0.3) is 0 Å². The van der Waals surface area contributed by atoms with Crippen molar-refractivity contribution in [3.8, 4) is 0 Å². The SMILES string of the molecule is Cc1cc2ccccc2nc1NC1CCCNC1=O. The second-order valence-corrected chi connectivity index (χ2v) is 4.98. The Balaban J connectivity index is 1.91. The number of hydrogen-bond donors (Lipinski definition) is 2. The third-order valence-electron chi connectivity index (χ3n) is 3.51. The molecule has 1 aliphatic heterocycles. The van der Waals surface area contributed by atoms with Crippen LogP contribution in [-0.4, -0.2) is 23.5 Å². The highest BCUT2D eigenvalue weighted by Gasteiger charge is 2.22. The molecule has 0 bridgehead atoms. The van der Waals surface area contributed by atoms with Gasteiger partial charge in [-0.25, -0.2) is 4.98 Å². The molecule has 98 valence electrons. The lowest BCUT2D eigenvalue weighted by Gasteiger charge is -2.24. The van der Waals surface area contributed by atoms with Gasteiger partial charge in [0, 0.05) is 11.9 Å². The number of carbonyl (C=O) groups is 1. The van der Waals surface area contributed by atoms with E-state index in [4.69, 9.17) is 0 Å². The van der Waals surface area contributed by atoms with E-state index in [0.29, 0.717) is 0 Å². The van der Waals surface area contributed by atoms with Crippen molar-refractivity contribution >= 4 is 22.6 Å². The quantitative estimate of drug-likeness (QED) is 0.865. The van der Waals surface area contributed by atoms with E-state index in [2.05, 4.69) is 21.7 Å². The van der Waals surface area contributed by atoms with Crippen LogP contribution in [0.3, 0.4) is 0 Å². The molecule has 4 nitrogen and oxygen atoms in total. The minimum absolute atomic E-state index is 0.0700. The summed E-state index contributed by atoms with van der Waals surface area (Å²) in [6.45, 7) is 2.80. The number of hydrogen-bond acceptors (Lipinski definition) is 3. The summed E-state index contributed by atoms with van der Waals surface area (Å²) in [5.41, 5.74) is 2.02. The molecule has 1 aromatic carbocycles. The minimum atomic E-state index is -0.166. The van der Waals surface area contributed by atoms with E-state index < -0.39 is 0 Å². The molecule has 0 aliphatic carbocycles. The number of nitrogens with one attached hydrogen (secondary N) is 2. The maximum absolute atomic E-state index is 11.8. The lowest BCUT2D eigenvalue weighted by molar-refractivity contribution is -0.123. The molecule has 1 aliphatic rings. The van der Waals surface area contributed by atoms with Crippen LogP contribution < -0.4 is 10.6 Å². The van der Waals surface area contributed by atoms with E-state index in [9.17, 15) is 4.79 Å². The van der Waals surface area contributed by atoms with E-state index in [-0.39, 0.29) is 11.9 Å². The molecule has 1 fully saturated rings. The molecule has 4 heteroatoms. The number of fused-ring (bicyclic) bond motifs is 1. The van der Waals surface area contributed by atoms with E-state index in [1.165, 1.54) is 0 Å². The number of benzene rings is 1. The fourth-order valence-electron chi connectivity index (χ4n) is 2.44. The number of aromatic nitrogens is 1. The van der Waals surface area contributed by atoms with Crippen molar-refractivity contribution in [2.75, 3.05) is 11.9 Å². The Morgan fingerprint density at radius 2 is 2.21 bits per heavy atom. The zero-order chi connectivity index (χ0) is 13.2. The zero-order valence-corrected chi connectivity index (χ0v) is 10.9. The molecule has 1 saturated heterocycles. The molecule has 0 spiro atoms. The highest BCUT2D eigenvalue weighted by molar-refractivity contribution is 5.86. The second kappa shape index (κ2) is 4.88. The number of amides is 1. The van der Waals surface area contributed by atoms with Crippen LogP contribution in [0.4, 0.5) is 5.82 Å². The highest BCUT2D eigenvalue weighted by Crippen LogP contribution is 2.21. The largest absolute Gasteiger partial charge is 0.358 e. The van der Waals surface area contributed by atoms with Gasteiger partial charge < -0.3 is 10.6 Å². The number of nitrogens with zero attached hydrogens (tertiary/aromatic N) is 1. The molecule has 2 heterocycles. The molecule has 0 saturated carbocycles. The fraction of sp³-hybridized carbons (Fsp3) is 0.333. The normalized spacial score (nSPS) is 19.2. The van der Waals surface area contributed by atoms with E-state index in [1.54, 1.807) is 0 Å². The van der Waals surface area contributed by atoms with Gasteiger partial charge in [0.2, 0.25) is 5.91 Å². The first-order chi connectivity index (χ1) is 9.24. The van der Waals surface area contributed by atoms with Crippen molar-refractivity contribution < 1.29 is 4.79 Å². The molecule has 2 N–H and O–H groups in total. The molecule has 2 aromatic rings. The summed E-state index contributed by atoms with van der Waals surface area (Å²) >= 11 is 0. The molecule has 1 atom stereocenters. The van der Waals surface area contributed by atoms with E-state index >= 15 is 0 Å². The molecule has 1 unspecified atom stereocenters. The number of pyridine rings is 1. The third-order valence-corrected chi connectivity index (χ3v) is 3.51. The van der Waals surface area contributed by atoms with Gasteiger partial charge in [-0.2, -0.15) is 0 Å².